The first-order chi connectivity index (χ1) is 8.65. The Balaban J connectivity index is 2.31. The summed E-state index contributed by atoms with van der Waals surface area (Å²) in [5, 5.41) is 0.835. The monoisotopic (exact) mass is 266 g/mol. The van der Waals surface area contributed by atoms with E-state index in [-0.39, 0.29) is 12.1 Å². The number of nitrogens with zero attached hydrogens (tertiary/aromatic N) is 1. The van der Waals surface area contributed by atoms with Crippen LogP contribution in [0, 0.1) is 0 Å². The molecule has 1 aromatic carbocycles. The van der Waals surface area contributed by atoms with Crippen LogP contribution in [0.3, 0.4) is 0 Å². The van der Waals surface area contributed by atoms with Crippen molar-refractivity contribution >= 4 is 11.6 Å². The van der Waals surface area contributed by atoms with E-state index >= 15 is 0 Å². The third-order valence-electron chi connectivity index (χ3n) is 3.97. The lowest BCUT2D eigenvalue weighted by Gasteiger charge is -2.36. The highest BCUT2D eigenvalue weighted by Crippen LogP contribution is 2.35. The van der Waals surface area contributed by atoms with Crippen LogP contribution in [0.4, 0.5) is 0 Å². The summed E-state index contributed by atoms with van der Waals surface area (Å²) in [5.74, 6) is 0. The van der Waals surface area contributed by atoms with Crippen LogP contribution in [0.5, 0.6) is 0 Å². The molecular weight excluding hydrogens is 244 g/mol. The van der Waals surface area contributed by atoms with Gasteiger partial charge in [0, 0.05) is 17.1 Å². The third-order valence-corrected chi connectivity index (χ3v) is 4.32. The number of likely N-dealkylation sites (tertiary alicyclic amines) is 1. The largest absolute Gasteiger partial charge is 0.326 e. The molecular formula is C15H23ClN2. The number of nitrogens with two attached hydrogens (primary N) is 1. The molecule has 1 fully saturated rings. The number of rotatable bonds is 4. The van der Waals surface area contributed by atoms with Gasteiger partial charge < -0.3 is 5.73 Å². The second kappa shape index (κ2) is 6.05. The molecule has 1 aliphatic heterocycles. The van der Waals surface area contributed by atoms with Gasteiger partial charge in [-0.05, 0) is 44.4 Å². The van der Waals surface area contributed by atoms with Crippen LogP contribution in [-0.4, -0.2) is 23.5 Å². The van der Waals surface area contributed by atoms with E-state index in [1.807, 2.05) is 18.2 Å². The molecule has 0 spiro atoms. The molecule has 0 saturated carbocycles. The minimum Gasteiger partial charge on any atom is -0.326 e. The quantitative estimate of drug-likeness (QED) is 0.902. The second-order valence-electron chi connectivity index (χ2n) is 5.27. The molecule has 1 saturated heterocycles. The van der Waals surface area contributed by atoms with Crippen LogP contribution >= 0.6 is 11.6 Å². The highest BCUT2D eigenvalue weighted by Gasteiger charge is 2.33. The molecule has 2 rings (SSSR count). The zero-order chi connectivity index (χ0) is 13.1. The Morgan fingerprint density at radius 2 is 2.17 bits per heavy atom. The van der Waals surface area contributed by atoms with Crippen LogP contribution in [-0.2, 0) is 0 Å². The number of hydrogen-bond donors (Lipinski definition) is 1. The lowest BCUT2D eigenvalue weighted by atomic mass is 9.97. The molecule has 3 heteroatoms. The molecule has 0 radical (unpaired) electrons. The van der Waals surface area contributed by atoms with E-state index in [0.717, 1.165) is 11.6 Å². The zero-order valence-corrected chi connectivity index (χ0v) is 12.0. The van der Waals surface area contributed by atoms with Crippen LogP contribution in [0.15, 0.2) is 24.3 Å². The summed E-state index contributed by atoms with van der Waals surface area (Å²) >= 11 is 6.35. The van der Waals surface area contributed by atoms with E-state index in [9.17, 15) is 0 Å². The molecule has 1 aliphatic rings. The molecule has 0 aromatic heterocycles. The van der Waals surface area contributed by atoms with Crippen molar-refractivity contribution in [1.82, 2.24) is 4.90 Å². The summed E-state index contributed by atoms with van der Waals surface area (Å²) < 4.78 is 0. The van der Waals surface area contributed by atoms with Crippen molar-refractivity contribution in [3.8, 4) is 0 Å². The fraction of sp³-hybridized carbons (Fsp3) is 0.600. The van der Waals surface area contributed by atoms with Gasteiger partial charge in [-0.3, -0.25) is 4.90 Å². The van der Waals surface area contributed by atoms with Crippen LogP contribution in [0.1, 0.15) is 44.7 Å². The Morgan fingerprint density at radius 1 is 1.44 bits per heavy atom. The predicted octanol–water partition coefficient (Wildman–Crippen LogP) is 3.60. The molecule has 0 aliphatic carbocycles. The topological polar surface area (TPSA) is 29.3 Å². The fourth-order valence-electron chi connectivity index (χ4n) is 3.14. The Morgan fingerprint density at radius 3 is 2.78 bits per heavy atom. The van der Waals surface area contributed by atoms with Crippen molar-refractivity contribution in [3.63, 3.8) is 0 Å². The van der Waals surface area contributed by atoms with E-state index in [4.69, 9.17) is 17.3 Å². The average Bonchev–Trinajstić information content (AvgIpc) is 2.79. The van der Waals surface area contributed by atoms with Gasteiger partial charge in [0.25, 0.3) is 0 Å². The maximum absolute atomic E-state index is 6.35. The average molecular weight is 267 g/mol. The lowest BCUT2D eigenvalue weighted by Crippen LogP contribution is -2.42. The minimum atomic E-state index is 0.0945. The number of benzene rings is 1. The molecule has 100 valence electrons. The first-order valence-electron chi connectivity index (χ1n) is 6.91. The summed E-state index contributed by atoms with van der Waals surface area (Å²) in [7, 11) is 0. The first kappa shape index (κ1) is 13.9. The third kappa shape index (κ3) is 2.71. The zero-order valence-electron chi connectivity index (χ0n) is 11.3. The van der Waals surface area contributed by atoms with Gasteiger partial charge in [-0.2, -0.15) is 0 Å². The van der Waals surface area contributed by atoms with Crippen molar-refractivity contribution in [2.75, 3.05) is 6.54 Å². The molecule has 0 bridgehead atoms. The number of hydrogen-bond acceptors (Lipinski definition) is 2. The van der Waals surface area contributed by atoms with Gasteiger partial charge in [0.15, 0.2) is 0 Å². The van der Waals surface area contributed by atoms with Gasteiger partial charge in [0.05, 0.1) is 6.04 Å². The summed E-state index contributed by atoms with van der Waals surface area (Å²) in [6, 6.07) is 9.09. The normalized spacial score (nSPS) is 24.1. The van der Waals surface area contributed by atoms with E-state index in [1.54, 1.807) is 0 Å². The minimum absolute atomic E-state index is 0.0945. The van der Waals surface area contributed by atoms with Gasteiger partial charge in [-0.1, -0.05) is 36.7 Å². The Kier molecular flexibility index (Phi) is 4.66. The molecule has 0 amide bonds. The summed E-state index contributed by atoms with van der Waals surface area (Å²) in [5.41, 5.74) is 7.41. The van der Waals surface area contributed by atoms with E-state index in [2.05, 4.69) is 24.8 Å². The maximum atomic E-state index is 6.35. The fourth-order valence-corrected chi connectivity index (χ4v) is 3.39. The molecule has 2 nitrogen and oxygen atoms in total. The van der Waals surface area contributed by atoms with Crippen LogP contribution < -0.4 is 5.73 Å². The van der Waals surface area contributed by atoms with E-state index in [1.165, 1.54) is 24.8 Å². The van der Waals surface area contributed by atoms with Gasteiger partial charge in [0.2, 0.25) is 0 Å². The van der Waals surface area contributed by atoms with Crippen molar-refractivity contribution in [3.05, 3.63) is 34.9 Å². The van der Waals surface area contributed by atoms with Crippen molar-refractivity contribution < 1.29 is 0 Å². The maximum Gasteiger partial charge on any atom is 0.0514 e. The molecule has 3 unspecified atom stereocenters. The van der Waals surface area contributed by atoms with Gasteiger partial charge in [-0.25, -0.2) is 0 Å². The van der Waals surface area contributed by atoms with Gasteiger partial charge >= 0.3 is 0 Å². The molecule has 18 heavy (non-hydrogen) atoms. The molecule has 2 N–H and O–H groups in total. The van der Waals surface area contributed by atoms with Gasteiger partial charge in [-0.15, -0.1) is 0 Å². The predicted molar refractivity (Wildman–Crippen MR) is 77.9 cm³/mol. The molecule has 1 aromatic rings. The van der Waals surface area contributed by atoms with Crippen molar-refractivity contribution in [2.24, 2.45) is 5.73 Å². The summed E-state index contributed by atoms with van der Waals surface area (Å²) in [6.45, 7) is 5.48. The SMILES string of the molecule is CCC1CCCN1C(c1ccccc1Cl)C(C)N. The second-order valence-corrected chi connectivity index (χ2v) is 5.67. The van der Waals surface area contributed by atoms with E-state index in [0.29, 0.717) is 6.04 Å². The first-order valence-corrected chi connectivity index (χ1v) is 7.28. The van der Waals surface area contributed by atoms with Crippen LogP contribution in [0.25, 0.3) is 0 Å². The molecule has 1 heterocycles. The summed E-state index contributed by atoms with van der Waals surface area (Å²) in [4.78, 5) is 2.55. The Labute approximate surface area is 115 Å². The standard InChI is InChI=1S/C15H23ClN2/c1-3-12-7-6-10-18(12)15(11(2)17)13-8-4-5-9-14(13)16/h4-5,8-9,11-12,15H,3,6-7,10,17H2,1-2H3. The molecule has 3 atom stereocenters. The highest BCUT2D eigenvalue weighted by molar-refractivity contribution is 6.31. The lowest BCUT2D eigenvalue weighted by molar-refractivity contribution is 0.157. The summed E-state index contributed by atoms with van der Waals surface area (Å²) in [6.07, 6.45) is 3.74. The Hall–Kier alpha value is -0.570. The van der Waals surface area contributed by atoms with Crippen molar-refractivity contribution in [2.45, 2.75) is 51.2 Å². The van der Waals surface area contributed by atoms with E-state index < -0.39 is 0 Å². The van der Waals surface area contributed by atoms with Gasteiger partial charge in [0.1, 0.15) is 0 Å². The van der Waals surface area contributed by atoms with Crippen molar-refractivity contribution in [1.29, 1.82) is 0 Å². The highest BCUT2D eigenvalue weighted by atomic mass is 35.5. The smallest absolute Gasteiger partial charge is 0.0514 e. The van der Waals surface area contributed by atoms with Crippen LogP contribution in [0.2, 0.25) is 5.02 Å². The number of halogens is 1. The Bertz CT molecular complexity index is 392.